The van der Waals surface area contributed by atoms with Crippen LogP contribution in [-0.2, 0) is 20.2 Å². The fourth-order valence-electron chi connectivity index (χ4n) is 3.63. The standard InChI is InChI=1S/C19H23NO6S2/c1-3-19(4-2)13-27(21,22)17-12-15(26-28(23,24)25)10-11-16(17)18(20-19)14-8-6-5-7-9-14/h5-12,18,20H,3-4,13H2,1-2H3,(H,23,24,25). The molecule has 0 radical (unpaired) electrons. The van der Waals surface area contributed by atoms with Crippen LogP contribution >= 0.6 is 0 Å². The molecule has 0 fully saturated rings. The first-order chi connectivity index (χ1) is 13.1. The lowest BCUT2D eigenvalue weighted by Gasteiger charge is -2.34. The van der Waals surface area contributed by atoms with Gasteiger partial charge in [-0.1, -0.05) is 50.2 Å². The number of sulfone groups is 1. The molecule has 2 aromatic rings. The Morgan fingerprint density at radius 1 is 1.14 bits per heavy atom. The van der Waals surface area contributed by atoms with E-state index < -0.39 is 31.8 Å². The van der Waals surface area contributed by atoms with Crippen LogP contribution in [0.2, 0.25) is 0 Å². The summed E-state index contributed by atoms with van der Waals surface area (Å²) in [5, 5.41) is 3.54. The van der Waals surface area contributed by atoms with Crippen molar-refractivity contribution in [3.8, 4) is 5.75 Å². The van der Waals surface area contributed by atoms with Crippen molar-refractivity contribution in [2.24, 2.45) is 0 Å². The molecule has 0 amide bonds. The van der Waals surface area contributed by atoms with Gasteiger partial charge in [0, 0.05) is 11.6 Å². The zero-order valence-electron chi connectivity index (χ0n) is 15.6. The van der Waals surface area contributed by atoms with E-state index in [4.69, 9.17) is 4.55 Å². The summed E-state index contributed by atoms with van der Waals surface area (Å²) in [4.78, 5) is -0.00113. The van der Waals surface area contributed by atoms with Gasteiger partial charge in [-0.25, -0.2) is 8.42 Å². The second-order valence-corrected chi connectivity index (χ2v) is 9.93. The summed E-state index contributed by atoms with van der Waals surface area (Å²) >= 11 is 0. The number of benzene rings is 2. The number of hydrogen-bond donors (Lipinski definition) is 2. The van der Waals surface area contributed by atoms with Gasteiger partial charge in [0.15, 0.2) is 9.84 Å². The highest BCUT2D eigenvalue weighted by atomic mass is 32.3. The molecule has 2 aromatic carbocycles. The maximum atomic E-state index is 13.2. The van der Waals surface area contributed by atoms with Crippen LogP contribution in [0.3, 0.4) is 0 Å². The number of nitrogens with one attached hydrogen (secondary N) is 1. The summed E-state index contributed by atoms with van der Waals surface area (Å²) in [6.45, 7) is 3.88. The lowest BCUT2D eigenvalue weighted by Crippen LogP contribution is -2.49. The van der Waals surface area contributed by atoms with Crippen LogP contribution in [0.25, 0.3) is 0 Å². The molecule has 1 atom stereocenters. The number of hydrogen-bond acceptors (Lipinski definition) is 6. The smallest absolute Gasteiger partial charge is 0.362 e. The zero-order valence-corrected chi connectivity index (χ0v) is 17.3. The van der Waals surface area contributed by atoms with Crippen LogP contribution in [0.5, 0.6) is 5.75 Å². The monoisotopic (exact) mass is 425 g/mol. The molecule has 3 rings (SSSR count). The van der Waals surface area contributed by atoms with Crippen LogP contribution < -0.4 is 9.50 Å². The largest absolute Gasteiger partial charge is 0.446 e. The molecule has 0 saturated carbocycles. The minimum atomic E-state index is -4.76. The predicted octanol–water partition coefficient (Wildman–Crippen LogP) is 2.89. The average Bonchev–Trinajstić information content (AvgIpc) is 2.74. The fourth-order valence-corrected chi connectivity index (χ4v) is 6.19. The molecule has 9 heteroatoms. The Balaban J connectivity index is 2.24. The van der Waals surface area contributed by atoms with Crippen molar-refractivity contribution in [3.63, 3.8) is 0 Å². The first-order valence-electron chi connectivity index (χ1n) is 8.95. The average molecular weight is 426 g/mol. The van der Waals surface area contributed by atoms with Crippen molar-refractivity contribution in [2.45, 2.75) is 43.2 Å². The van der Waals surface area contributed by atoms with E-state index >= 15 is 0 Å². The molecule has 7 nitrogen and oxygen atoms in total. The van der Waals surface area contributed by atoms with Gasteiger partial charge in [-0.2, -0.15) is 8.42 Å². The minimum Gasteiger partial charge on any atom is -0.362 e. The van der Waals surface area contributed by atoms with E-state index in [1.165, 1.54) is 12.1 Å². The summed E-state index contributed by atoms with van der Waals surface area (Å²) in [6, 6.07) is 13.1. The van der Waals surface area contributed by atoms with Gasteiger partial charge < -0.3 is 4.18 Å². The molecule has 1 aliphatic rings. The lowest BCUT2D eigenvalue weighted by atomic mass is 9.90. The molecule has 0 aromatic heterocycles. The first kappa shape index (κ1) is 20.8. The molecule has 2 N–H and O–H groups in total. The quantitative estimate of drug-likeness (QED) is 0.709. The second kappa shape index (κ2) is 7.47. The van der Waals surface area contributed by atoms with Gasteiger partial charge in [0.2, 0.25) is 0 Å². The highest BCUT2D eigenvalue weighted by Gasteiger charge is 2.41. The minimum absolute atomic E-state index is 0.00113. The maximum Gasteiger partial charge on any atom is 0.446 e. The molecule has 1 aliphatic heterocycles. The molecule has 1 unspecified atom stereocenters. The second-order valence-electron chi connectivity index (χ2n) is 6.95. The van der Waals surface area contributed by atoms with E-state index in [1.807, 2.05) is 44.2 Å². The van der Waals surface area contributed by atoms with E-state index in [9.17, 15) is 16.8 Å². The molecule has 28 heavy (non-hydrogen) atoms. The van der Waals surface area contributed by atoms with Crippen molar-refractivity contribution >= 4 is 20.2 Å². The van der Waals surface area contributed by atoms with Gasteiger partial charge in [0.25, 0.3) is 0 Å². The molecule has 152 valence electrons. The molecular weight excluding hydrogens is 402 g/mol. The van der Waals surface area contributed by atoms with Gasteiger partial charge in [0.05, 0.1) is 16.7 Å². The Morgan fingerprint density at radius 2 is 1.79 bits per heavy atom. The highest BCUT2D eigenvalue weighted by Crippen LogP contribution is 2.38. The van der Waals surface area contributed by atoms with E-state index in [2.05, 4.69) is 9.50 Å². The van der Waals surface area contributed by atoms with Gasteiger partial charge >= 0.3 is 10.4 Å². The van der Waals surface area contributed by atoms with Crippen LogP contribution in [0, 0.1) is 0 Å². The summed E-state index contributed by atoms with van der Waals surface area (Å²) in [7, 11) is -8.51. The molecule has 0 saturated heterocycles. The normalized spacial score (nSPS) is 20.8. The molecule has 1 heterocycles. The third-order valence-electron chi connectivity index (χ3n) is 5.24. The van der Waals surface area contributed by atoms with Crippen molar-refractivity contribution in [3.05, 3.63) is 59.7 Å². The van der Waals surface area contributed by atoms with Crippen LogP contribution in [0.4, 0.5) is 0 Å². The summed E-state index contributed by atoms with van der Waals surface area (Å²) < 4.78 is 62.0. The van der Waals surface area contributed by atoms with Crippen LogP contribution in [-0.4, -0.2) is 32.7 Å². The Hall–Kier alpha value is -1.94. The summed E-state index contributed by atoms with van der Waals surface area (Å²) in [5.41, 5.74) is 0.774. The third kappa shape index (κ3) is 4.22. The zero-order chi connectivity index (χ0) is 20.6. The van der Waals surface area contributed by atoms with Crippen LogP contribution in [0.15, 0.2) is 53.4 Å². The summed E-state index contributed by atoms with van der Waals surface area (Å²) in [6.07, 6.45) is 1.21. The third-order valence-corrected chi connectivity index (χ3v) is 7.60. The van der Waals surface area contributed by atoms with E-state index in [1.54, 1.807) is 0 Å². The van der Waals surface area contributed by atoms with Crippen molar-refractivity contribution in [1.29, 1.82) is 0 Å². The Labute approximate surface area is 165 Å². The number of fused-ring (bicyclic) bond motifs is 1. The van der Waals surface area contributed by atoms with Crippen molar-refractivity contribution in [1.82, 2.24) is 5.32 Å². The molecular formula is C19H23NO6S2. The topological polar surface area (TPSA) is 110 Å². The Morgan fingerprint density at radius 3 is 2.36 bits per heavy atom. The predicted molar refractivity (Wildman–Crippen MR) is 105 cm³/mol. The lowest BCUT2D eigenvalue weighted by molar-refractivity contribution is 0.313. The SMILES string of the molecule is CCC1(CC)CS(=O)(=O)c2cc(OS(=O)(=O)O)ccc2C(c2ccccc2)N1. The highest BCUT2D eigenvalue weighted by molar-refractivity contribution is 7.91. The fraction of sp³-hybridized carbons (Fsp3) is 0.368. The van der Waals surface area contributed by atoms with E-state index in [0.717, 1.165) is 11.6 Å². The van der Waals surface area contributed by atoms with E-state index in [0.29, 0.717) is 18.4 Å². The maximum absolute atomic E-state index is 13.2. The van der Waals surface area contributed by atoms with Crippen LogP contribution in [0.1, 0.15) is 43.9 Å². The van der Waals surface area contributed by atoms with Gasteiger partial charge in [-0.05, 0) is 30.0 Å². The molecule has 0 bridgehead atoms. The summed E-state index contributed by atoms with van der Waals surface area (Å²) in [5.74, 6) is -0.379. The first-order valence-corrected chi connectivity index (χ1v) is 12.0. The van der Waals surface area contributed by atoms with Crippen molar-refractivity contribution < 1.29 is 25.6 Å². The molecule has 0 aliphatic carbocycles. The Bertz CT molecular complexity index is 1060. The van der Waals surface area contributed by atoms with Gasteiger partial charge in [-0.3, -0.25) is 9.87 Å². The Kier molecular flexibility index (Phi) is 5.55. The molecule has 0 spiro atoms. The van der Waals surface area contributed by atoms with E-state index in [-0.39, 0.29) is 16.4 Å². The van der Waals surface area contributed by atoms with Gasteiger partial charge in [-0.15, -0.1) is 0 Å². The van der Waals surface area contributed by atoms with Gasteiger partial charge in [0.1, 0.15) is 5.75 Å². The van der Waals surface area contributed by atoms with Crippen molar-refractivity contribution in [2.75, 3.05) is 5.75 Å². The number of rotatable bonds is 5.